The lowest BCUT2D eigenvalue weighted by Crippen LogP contribution is -2.53. The third kappa shape index (κ3) is 5.03. The van der Waals surface area contributed by atoms with Crippen LogP contribution in [0.3, 0.4) is 0 Å². The number of hydrogen-bond donors (Lipinski definition) is 1. The zero-order chi connectivity index (χ0) is 21.9. The molecular weight excluding hydrogens is 404 g/mol. The molecule has 1 saturated heterocycles. The van der Waals surface area contributed by atoms with Crippen LogP contribution in [0, 0.1) is 17.8 Å². The van der Waals surface area contributed by atoms with Crippen LogP contribution in [0.15, 0.2) is 29.2 Å². The van der Waals surface area contributed by atoms with E-state index in [1.165, 1.54) is 4.31 Å². The molecule has 0 bridgehead atoms. The Balaban J connectivity index is 1.62. The Bertz CT molecular complexity index is 858. The lowest BCUT2D eigenvalue weighted by atomic mass is 9.78. The fourth-order valence-electron chi connectivity index (χ4n) is 4.52. The van der Waals surface area contributed by atoms with Gasteiger partial charge in [-0.25, -0.2) is 8.42 Å². The molecule has 2 aliphatic rings. The van der Waals surface area contributed by atoms with Gasteiger partial charge in [-0.15, -0.1) is 0 Å². The molecule has 1 N–H and O–H groups in total. The van der Waals surface area contributed by atoms with Crippen LogP contribution in [0.4, 0.5) is 0 Å². The summed E-state index contributed by atoms with van der Waals surface area (Å²) in [5, 5.41) is 9.44. The van der Waals surface area contributed by atoms with Crippen molar-refractivity contribution in [1.82, 2.24) is 9.21 Å². The van der Waals surface area contributed by atoms with Crippen LogP contribution in [0.2, 0.25) is 0 Å². The largest absolute Gasteiger partial charge is 0.481 e. The normalized spacial score (nSPS) is 23.5. The van der Waals surface area contributed by atoms with Gasteiger partial charge >= 0.3 is 5.97 Å². The third-order valence-corrected chi connectivity index (χ3v) is 8.07. The summed E-state index contributed by atoms with van der Waals surface area (Å²) in [6, 6.07) is 7.04. The first-order valence-corrected chi connectivity index (χ1v) is 12.2. The molecule has 1 saturated carbocycles. The maximum atomic E-state index is 13.0. The minimum atomic E-state index is -3.60. The van der Waals surface area contributed by atoms with Gasteiger partial charge in [0.2, 0.25) is 15.9 Å². The van der Waals surface area contributed by atoms with Gasteiger partial charge in [0.05, 0.1) is 16.7 Å². The molecule has 1 aromatic carbocycles. The Morgan fingerprint density at radius 3 is 2.10 bits per heavy atom. The van der Waals surface area contributed by atoms with E-state index < -0.39 is 27.8 Å². The fraction of sp³-hybridized carbons (Fsp3) is 0.636. The predicted molar refractivity (Wildman–Crippen MR) is 113 cm³/mol. The van der Waals surface area contributed by atoms with Gasteiger partial charge in [0, 0.05) is 26.2 Å². The van der Waals surface area contributed by atoms with E-state index in [1.54, 1.807) is 17.0 Å². The first-order chi connectivity index (χ1) is 14.2. The van der Waals surface area contributed by atoms with E-state index in [2.05, 4.69) is 13.8 Å². The molecule has 1 heterocycles. The number of aliphatic carboxylic acids is 1. The van der Waals surface area contributed by atoms with E-state index in [0.29, 0.717) is 31.8 Å². The van der Waals surface area contributed by atoms with Crippen LogP contribution in [-0.2, 0) is 26.0 Å². The zero-order valence-corrected chi connectivity index (χ0v) is 18.6. The van der Waals surface area contributed by atoms with E-state index in [9.17, 15) is 23.1 Å². The fourth-order valence-corrected chi connectivity index (χ4v) is 5.95. The summed E-state index contributed by atoms with van der Waals surface area (Å²) >= 11 is 0. The number of hydrogen-bond acceptors (Lipinski definition) is 4. The lowest BCUT2D eigenvalue weighted by molar-refractivity contribution is -0.152. The predicted octanol–water partition coefficient (Wildman–Crippen LogP) is 2.61. The van der Waals surface area contributed by atoms with Crippen molar-refractivity contribution in [3.63, 3.8) is 0 Å². The average molecular weight is 437 g/mol. The highest BCUT2D eigenvalue weighted by atomic mass is 32.2. The summed E-state index contributed by atoms with van der Waals surface area (Å²) in [7, 11) is -3.60. The summed E-state index contributed by atoms with van der Waals surface area (Å²) in [5.74, 6) is -1.67. The molecule has 8 heteroatoms. The Morgan fingerprint density at radius 1 is 1.00 bits per heavy atom. The second kappa shape index (κ2) is 9.47. The van der Waals surface area contributed by atoms with Crippen molar-refractivity contribution in [3.05, 3.63) is 29.8 Å². The van der Waals surface area contributed by atoms with Gasteiger partial charge in [-0.3, -0.25) is 9.59 Å². The number of rotatable bonds is 6. The molecule has 166 valence electrons. The van der Waals surface area contributed by atoms with Crippen molar-refractivity contribution in [2.24, 2.45) is 17.8 Å². The van der Waals surface area contributed by atoms with E-state index in [0.717, 1.165) is 24.8 Å². The molecule has 2 atom stereocenters. The number of sulfonamides is 1. The van der Waals surface area contributed by atoms with Gasteiger partial charge in [-0.05, 0) is 42.9 Å². The van der Waals surface area contributed by atoms with Crippen molar-refractivity contribution >= 4 is 21.9 Å². The van der Waals surface area contributed by atoms with E-state index in [4.69, 9.17) is 0 Å². The van der Waals surface area contributed by atoms with Gasteiger partial charge in [0.1, 0.15) is 0 Å². The summed E-state index contributed by atoms with van der Waals surface area (Å²) in [6.45, 7) is 5.30. The van der Waals surface area contributed by atoms with Crippen molar-refractivity contribution < 1.29 is 23.1 Å². The minimum Gasteiger partial charge on any atom is -0.481 e. The molecule has 0 radical (unpaired) electrons. The molecule has 3 rings (SSSR count). The number of carbonyl (C=O) groups is 2. The second-order valence-electron chi connectivity index (χ2n) is 8.81. The van der Waals surface area contributed by atoms with Crippen LogP contribution < -0.4 is 0 Å². The smallest absolute Gasteiger partial charge is 0.307 e. The molecule has 1 aliphatic carbocycles. The zero-order valence-electron chi connectivity index (χ0n) is 17.8. The lowest BCUT2D eigenvalue weighted by Gasteiger charge is -2.38. The molecule has 0 aromatic heterocycles. The minimum absolute atomic E-state index is 0.141. The topological polar surface area (TPSA) is 95.0 Å². The Kier molecular flexibility index (Phi) is 7.18. The van der Waals surface area contributed by atoms with Gasteiger partial charge < -0.3 is 10.0 Å². The quantitative estimate of drug-likeness (QED) is 0.740. The average Bonchev–Trinajstić information content (AvgIpc) is 2.73. The number of benzene rings is 1. The summed E-state index contributed by atoms with van der Waals surface area (Å²) < 4.78 is 27.4. The number of amides is 1. The number of carboxylic acid groups (broad SMARTS) is 1. The SMILES string of the molecule is CC(C)Cc1ccc(S(=O)(=O)N2CCN(C(=O)[C@H]3CCCC[C@@H]3C(=O)O)CC2)cc1. The number of nitrogens with zero attached hydrogens (tertiary/aromatic N) is 2. The molecule has 30 heavy (non-hydrogen) atoms. The van der Waals surface area contributed by atoms with Crippen molar-refractivity contribution in [1.29, 1.82) is 0 Å². The molecule has 1 aromatic rings. The standard InChI is InChI=1S/C22H32N2O5S/c1-16(2)15-17-7-9-18(10-8-17)30(28,29)24-13-11-23(12-14-24)21(25)19-5-3-4-6-20(19)22(26)27/h7-10,16,19-20H,3-6,11-15H2,1-2H3,(H,26,27)/t19-,20-/m0/s1. The second-order valence-corrected chi connectivity index (χ2v) is 10.7. The van der Waals surface area contributed by atoms with E-state index >= 15 is 0 Å². The maximum absolute atomic E-state index is 13.0. The highest BCUT2D eigenvalue weighted by molar-refractivity contribution is 7.89. The molecule has 1 amide bonds. The Morgan fingerprint density at radius 2 is 1.57 bits per heavy atom. The van der Waals surface area contributed by atoms with Gasteiger partial charge in [0.15, 0.2) is 0 Å². The molecule has 0 unspecified atom stereocenters. The number of carbonyl (C=O) groups excluding carboxylic acids is 1. The first kappa shape index (κ1) is 22.7. The van der Waals surface area contributed by atoms with Gasteiger partial charge in [0.25, 0.3) is 0 Å². The van der Waals surface area contributed by atoms with E-state index in [1.807, 2.05) is 12.1 Å². The number of carboxylic acids is 1. The monoisotopic (exact) mass is 436 g/mol. The molecule has 1 aliphatic heterocycles. The van der Waals surface area contributed by atoms with Gasteiger partial charge in [-0.1, -0.05) is 38.8 Å². The van der Waals surface area contributed by atoms with Gasteiger partial charge in [-0.2, -0.15) is 4.31 Å². The summed E-state index contributed by atoms with van der Waals surface area (Å²) in [6.07, 6.45) is 3.73. The molecular formula is C22H32N2O5S. The number of piperazine rings is 1. The van der Waals surface area contributed by atoms with Crippen LogP contribution in [0.5, 0.6) is 0 Å². The van der Waals surface area contributed by atoms with Crippen LogP contribution in [0.25, 0.3) is 0 Å². The Hall–Kier alpha value is -1.93. The Labute approximate surface area is 179 Å². The highest BCUT2D eigenvalue weighted by Gasteiger charge is 2.39. The molecule has 0 spiro atoms. The highest BCUT2D eigenvalue weighted by Crippen LogP contribution is 2.32. The summed E-state index contributed by atoms with van der Waals surface area (Å²) in [5.41, 5.74) is 1.11. The first-order valence-electron chi connectivity index (χ1n) is 10.8. The molecule has 2 fully saturated rings. The van der Waals surface area contributed by atoms with Crippen molar-refractivity contribution in [2.45, 2.75) is 50.8 Å². The van der Waals surface area contributed by atoms with Crippen molar-refractivity contribution in [2.75, 3.05) is 26.2 Å². The summed E-state index contributed by atoms with van der Waals surface area (Å²) in [4.78, 5) is 26.3. The van der Waals surface area contributed by atoms with Crippen LogP contribution in [0.1, 0.15) is 45.1 Å². The van der Waals surface area contributed by atoms with E-state index in [-0.39, 0.29) is 23.9 Å². The third-order valence-electron chi connectivity index (χ3n) is 6.16. The van der Waals surface area contributed by atoms with Crippen LogP contribution >= 0.6 is 0 Å². The van der Waals surface area contributed by atoms with Crippen LogP contribution in [-0.4, -0.2) is 60.8 Å². The van der Waals surface area contributed by atoms with Crippen molar-refractivity contribution in [3.8, 4) is 0 Å². The maximum Gasteiger partial charge on any atom is 0.307 e. The molecule has 7 nitrogen and oxygen atoms in total.